The molecular weight excluding hydrogens is 232 g/mol. The van der Waals surface area contributed by atoms with Gasteiger partial charge in [-0.3, -0.25) is 9.59 Å². The first kappa shape index (κ1) is 12.6. The van der Waals surface area contributed by atoms with Crippen molar-refractivity contribution in [1.82, 2.24) is 0 Å². The molecule has 0 unspecified atom stereocenters. The van der Waals surface area contributed by atoms with E-state index in [9.17, 15) is 9.59 Å². The highest BCUT2D eigenvalue weighted by molar-refractivity contribution is 5.95. The standard InChI is InChI=1S/C14H16O4/c1-8(15)9-4-10(6-12(16)17)13-11(5-9)7-14(2,3)18-13/h4-5H,6-7H2,1-3H3,(H,16,17). The lowest BCUT2D eigenvalue weighted by Crippen LogP contribution is -2.25. The van der Waals surface area contributed by atoms with E-state index >= 15 is 0 Å². The average molecular weight is 248 g/mol. The zero-order valence-electron chi connectivity index (χ0n) is 10.7. The molecule has 0 atom stereocenters. The Hall–Kier alpha value is -1.84. The summed E-state index contributed by atoms with van der Waals surface area (Å²) in [5.41, 5.74) is 1.70. The molecule has 1 N–H and O–H groups in total. The maximum Gasteiger partial charge on any atom is 0.307 e. The summed E-state index contributed by atoms with van der Waals surface area (Å²) in [5, 5.41) is 8.92. The molecule has 0 bridgehead atoms. The van der Waals surface area contributed by atoms with E-state index in [2.05, 4.69) is 0 Å². The topological polar surface area (TPSA) is 63.6 Å². The highest BCUT2D eigenvalue weighted by Gasteiger charge is 2.32. The van der Waals surface area contributed by atoms with Crippen molar-refractivity contribution in [3.05, 3.63) is 28.8 Å². The second kappa shape index (κ2) is 4.12. The summed E-state index contributed by atoms with van der Waals surface area (Å²) in [6, 6.07) is 3.43. The van der Waals surface area contributed by atoms with Gasteiger partial charge in [0, 0.05) is 17.5 Å². The number of aliphatic carboxylic acids is 1. The number of hydrogen-bond donors (Lipinski definition) is 1. The van der Waals surface area contributed by atoms with E-state index in [0.717, 1.165) is 5.56 Å². The Kier molecular flexibility index (Phi) is 2.89. The Morgan fingerprint density at radius 1 is 1.39 bits per heavy atom. The lowest BCUT2D eigenvalue weighted by Gasteiger charge is -2.18. The van der Waals surface area contributed by atoms with Gasteiger partial charge in [-0.05, 0) is 38.5 Å². The summed E-state index contributed by atoms with van der Waals surface area (Å²) in [4.78, 5) is 22.3. The minimum absolute atomic E-state index is 0.0610. The zero-order chi connectivity index (χ0) is 13.5. The molecule has 4 heteroatoms. The van der Waals surface area contributed by atoms with Crippen molar-refractivity contribution in [1.29, 1.82) is 0 Å². The quantitative estimate of drug-likeness (QED) is 0.833. The molecule has 0 aromatic heterocycles. The molecule has 1 aromatic rings. The molecule has 1 aliphatic rings. The summed E-state index contributed by atoms with van der Waals surface area (Å²) in [7, 11) is 0. The number of benzene rings is 1. The first-order valence-electron chi connectivity index (χ1n) is 5.86. The molecule has 0 amide bonds. The third-order valence-corrected chi connectivity index (χ3v) is 2.99. The van der Waals surface area contributed by atoms with Crippen molar-refractivity contribution in [2.24, 2.45) is 0 Å². The number of Topliss-reactive ketones (excluding diaryl/α,β-unsaturated/α-hetero) is 1. The number of rotatable bonds is 3. The molecule has 0 saturated carbocycles. The Morgan fingerprint density at radius 3 is 2.61 bits per heavy atom. The molecule has 0 saturated heterocycles. The van der Waals surface area contributed by atoms with Gasteiger partial charge in [0.15, 0.2) is 5.78 Å². The summed E-state index contributed by atoms with van der Waals surface area (Å²) < 4.78 is 5.79. The van der Waals surface area contributed by atoms with Crippen LogP contribution in [-0.4, -0.2) is 22.5 Å². The van der Waals surface area contributed by atoms with E-state index in [1.165, 1.54) is 6.92 Å². The minimum atomic E-state index is -0.925. The van der Waals surface area contributed by atoms with Crippen molar-refractivity contribution in [3.63, 3.8) is 0 Å². The molecule has 4 nitrogen and oxygen atoms in total. The summed E-state index contributed by atoms with van der Waals surface area (Å²) in [5.74, 6) is -0.354. The number of ether oxygens (including phenoxy) is 1. The lowest BCUT2D eigenvalue weighted by atomic mass is 9.96. The van der Waals surface area contributed by atoms with Crippen LogP contribution in [0.2, 0.25) is 0 Å². The van der Waals surface area contributed by atoms with Gasteiger partial charge in [-0.2, -0.15) is 0 Å². The second-order valence-electron chi connectivity index (χ2n) is 5.29. The summed E-state index contributed by atoms with van der Waals surface area (Å²) in [6.07, 6.45) is 0.565. The Balaban J connectivity index is 2.52. The van der Waals surface area contributed by atoms with E-state index in [1.54, 1.807) is 12.1 Å². The molecule has 18 heavy (non-hydrogen) atoms. The third-order valence-electron chi connectivity index (χ3n) is 2.99. The number of ketones is 1. The smallest absolute Gasteiger partial charge is 0.307 e. The molecular formula is C14H16O4. The number of fused-ring (bicyclic) bond motifs is 1. The van der Waals surface area contributed by atoms with Crippen LogP contribution >= 0.6 is 0 Å². The molecule has 1 aromatic carbocycles. The van der Waals surface area contributed by atoms with Crippen LogP contribution in [0.3, 0.4) is 0 Å². The van der Waals surface area contributed by atoms with Crippen LogP contribution < -0.4 is 4.74 Å². The molecule has 0 radical (unpaired) electrons. The Morgan fingerprint density at radius 2 is 2.06 bits per heavy atom. The van der Waals surface area contributed by atoms with Crippen LogP contribution in [0.25, 0.3) is 0 Å². The van der Waals surface area contributed by atoms with Crippen molar-refractivity contribution in [3.8, 4) is 5.75 Å². The van der Waals surface area contributed by atoms with Gasteiger partial charge in [0.05, 0.1) is 6.42 Å². The number of carbonyl (C=O) groups is 2. The van der Waals surface area contributed by atoms with Crippen LogP contribution in [0.5, 0.6) is 5.75 Å². The van der Waals surface area contributed by atoms with E-state index < -0.39 is 5.97 Å². The molecule has 1 aliphatic heterocycles. The molecule has 0 fully saturated rings. The fourth-order valence-electron chi connectivity index (χ4n) is 2.29. The minimum Gasteiger partial charge on any atom is -0.487 e. The third kappa shape index (κ3) is 2.37. The zero-order valence-corrected chi connectivity index (χ0v) is 10.7. The Bertz CT molecular complexity index is 529. The van der Waals surface area contributed by atoms with Crippen LogP contribution in [0.15, 0.2) is 12.1 Å². The van der Waals surface area contributed by atoms with Crippen LogP contribution in [0.1, 0.15) is 42.3 Å². The highest BCUT2D eigenvalue weighted by atomic mass is 16.5. The normalized spacial score (nSPS) is 15.9. The van der Waals surface area contributed by atoms with Gasteiger partial charge in [-0.1, -0.05) is 0 Å². The fourth-order valence-corrected chi connectivity index (χ4v) is 2.29. The summed E-state index contributed by atoms with van der Waals surface area (Å²) >= 11 is 0. The van der Waals surface area contributed by atoms with E-state index in [-0.39, 0.29) is 17.8 Å². The number of carboxylic acids is 1. The van der Waals surface area contributed by atoms with E-state index in [4.69, 9.17) is 9.84 Å². The van der Waals surface area contributed by atoms with Crippen molar-refractivity contribution in [2.75, 3.05) is 0 Å². The van der Waals surface area contributed by atoms with Gasteiger partial charge in [0.1, 0.15) is 11.4 Å². The molecule has 96 valence electrons. The van der Waals surface area contributed by atoms with Gasteiger partial charge < -0.3 is 9.84 Å². The first-order valence-corrected chi connectivity index (χ1v) is 5.86. The van der Waals surface area contributed by atoms with Gasteiger partial charge in [0.25, 0.3) is 0 Å². The summed E-state index contributed by atoms with van der Waals surface area (Å²) in [6.45, 7) is 5.38. The lowest BCUT2D eigenvalue weighted by molar-refractivity contribution is -0.136. The second-order valence-corrected chi connectivity index (χ2v) is 5.29. The van der Waals surface area contributed by atoms with Crippen molar-refractivity contribution < 1.29 is 19.4 Å². The fraction of sp³-hybridized carbons (Fsp3) is 0.429. The number of carboxylic acid groups (broad SMARTS) is 1. The molecule has 2 rings (SSSR count). The molecule has 1 heterocycles. The SMILES string of the molecule is CC(=O)c1cc(CC(=O)O)c2c(c1)CC(C)(C)O2. The highest BCUT2D eigenvalue weighted by Crippen LogP contribution is 2.38. The Labute approximate surface area is 106 Å². The molecule has 0 aliphatic carbocycles. The monoisotopic (exact) mass is 248 g/mol. The number of carbonyl (C=O) groups excluding carboxylic acids is 1. The van der Waals surface area contributed by atoms with E-state index in [0.29, 0.717) is 23.3 Å². The average Bonchev–Trinajstić information content (AvgIpc) is 2.51. The van der Waals surface area contributed by atoms with Crippen LogP contribution in [0, 0.1) is 0 Å². The van der Waals surface area contributed by atoms with Crippen molar-refractivity contribution >= 4 is 11.8 Å². The van der Waals surface area contributed by atoms with Gasteiger partial charge in [0.2, 0.25) is 0 Å². The first-order chi connectivity index (χ1) is 8.28. The van der Waals surface area contributed by atoms with E-state index in [1.807, 2.05) is 13.8 Å². The molecule has 0 spiro atoms. The number of hydrogen-bond acceptors (Lipinski definition) is 3. The maximum absolute atomic E-state index is 11.5. The van der Waals surface area contributed by atoms with Gasteiger partial charge >= 0.3 is 5.97 Å². The predicted molar refractivity (Wildman–Crippen MR) is 66.2 cm³/mol. The van der Waals surface area contributed by atoms with Crippen LogP contribution in [0.4, 0.5) is 0 Å². The predicted octanol–water partition coefficient (Wildman–Crippen LogP) is 2.23. The van der Waals surface area contributed by atoms with Crippen molar-refractivity contribution in [2.45, 2.75) is 39.2 Å². The maximum atomic E-state index is 11.5. The van der Waals surface area contributed by atoms with Gasteiger partial charge in [-0.25, -0.2) is 0 Å². The van der Waals surface area contributed by atoms with Gasteiger partial charge in [-0.15, -0.1) is 0 Å². The largest absolute Gasteiger partial charge is 0.487 e. The van der Waals surface area contributed by atoms with Crippen LogP contribution in [-0.2, 0) is 17.6 Å².